The molecule has 0 spiro atoms. The average Bonchev–Trinajstić information content (AvgIpc) is 2.68. The van der Waals surface area contributed by atoms with E-state index in [1.165, 1.54) is 0 Å². The number of carbonyl (C=O) groups is 2. The van der Waals surface area contributed by atoms with Crippen LogP contribution < -0.4 is 5.43 Å². The number of hydrogen-bond donors (Lipinski definition) is 1. The van der Waals surface area contributed by atoms with Gasteiger partial charge in [0.15, 0.2) is 11.4 Å². The van der Waals surface area contributed by atoms with E-state index >= 15 is 0 Å². The van der Waals surface area contributed by atoms with E-state index in [-0.39, 0.29) is 28.6 Å². The van der Waals surface area contributed by atoms with Crippen molar-refractivity contribution in [2.45, 2.75) is 13.8 Å². The Balaban J connectivity index is 2.09. The highest BCUT2D eigenvalue weighted by Crippen LogP contribution is 2.23. The highest BCUT2D eigenvalue weighted by atomic mass is 16.1. The van der Waals surface area contributed by atoms with Crippen LogP contribution in [0, 0.1) is 13.8 Å². The van der Waals surface area contributed by atoms with Crippen LogP contribution >= 0.6 is 0 Å². The molecule has 7 heteroatoms. The predicted octanol–water partition coefficient (Wildman–Crippen LogP) is 2.84. The van der Waals surface area contributed by atoms with E-state index in [0.29, 0.717) is 11.1 Å². The monoisotopic (exact) mass is 375 g/mol. The Kier molecular flexibility index (Phi) is 5.56. The Hall–Kier alpha value is -3.45. The molecule has 3 rings (SSSR count). The summed E-state index contributed by atoms with van der Waals surface area (Å²) in [4.78, 5) is 26.0. The van der Waals surface area contributed by atoms with E-state index in [4.69, 9.17) is 0 Å². The van der Waals surface area contributed by atoms with Gasteiger partial charge in [-0.1, -0.05) is 59.7 Å². The zero-order valence-electron chi connectivity index (χ0n) is 16.2. The van der Waals surface area contributed by atoms with Gasteiger partial charge in [0.2, 0.25) is 11.6 Å². The Morgan fingerprint density at radius 3 is 1.50 bits per heavy atom. The number of nitrogens with zero attached hydrogens (tertiary/aromatic N) is 4. The fraction of sp³-hybridized carbons (Fsp3) is 0.190. The SMILES string of the molecule is Cc1ccc(C(=O)c2nnnc(C(=O)c3ccc(C)cc3)c2NN(C)C)cc1. The summed E-state index contributed by atoms with van der Waals surface area (Å²) in [7, 11) is 3.50. The first-order valence-corrected chi connectivity index (χ1v) is 8.77. The fourth-order valence-electron chi connectivity index (χ4n) is 2.65. The van der Waals surface area contributed by atoms with Crippen molar-refractivity contribution in [2.24, 2.45) is 0 Å². The number of aryl methyl sites for hydroxylation is 2. The topological polar surface area (TPSA) is 88.1 Å². The van der Waals surface area contributed by atoms with Crippen molar-refractivity contribution in [2.75, 3.05) is 19.5 Å². The molecule has 0 saturated carbocycles. The summed E-state index contributed by atoms with van der Waals surface area (Å²) in [6.07, 6.45) is 0. The second kappa shape index (κ2) is 8.06. The molecule has 0 radical (unpaired) electrons. The van der Waals surface area contributed by atoms with Crippen molar-refractivity contribution in [3.63, 3.8) is 0 Å². The number of hydrazine groups is 1. The van der Waals surface area contributed by atoms with Gasteiger partial charge in [0.25, 0.3) is 0 Å². The fourth-order valence-corrected chi connectivity index (χ4v) is 2.65. The average molecular weight is 375 g/mol. The molecule has 0 unspecified atom stereocenters. The first-order valence-electron chi connectivity index (χ1n) is 8.77. The number of carbonyl (C=O) groups excluding carboxylic acids is 2. The number of hydrogen-bond acceptors (Lipinski definition) is 7. The summed E-state index contributed by atoms with van der Waals surface area (Å²) in [6, 6.07) is 14.3. The van der Waals surface area contributed by atoms with Crippen molar-refractivity contribution in [3.05, 3.63) is 82.2 Å². The minimum atomic E-state index is -0.336. The lowest BCUT2D eigenvalue weighted by atomic mass is 10.0. The summed E-state index contributed by atoms with van der Waals surface area (Å²) >= 11 is 0. The van der Waals surface area contributed by atoms with Gasteiger partial charge in [0.05, 0.1) is 0 Å². The highest BCUT2D eigenvalue weighted by molar-refractivity contribution is 6.16. The van der Waals surface area contributed by atoms with Gasteiger partial charge in [-0.2, -0.15) is 0 Å². The largest absolute Gasteiger partial charge is 0.315 e. The molecule has 142 valence electrons. The maximum absolute atomic E-state index is 13.0. The van der Waals surface area contributed by atoms with Gasteiger partial charge in [0, 0.05) is 25.2 Å². The molecule has 2 aromatic carbocycles. The third-order valence-electron chi connectivity index (χ3n) is 4.16. The Labute approximate surface area is 163 Å². The van der Waals surface area contributed by atoms with Crippen LogP contribution in [0.25, 0.3) is 0 Å². The van der Waals surface area contributed by atoms with Gasteiger partial charge in [-0.3, -0.25) is 9.59 Å². The zero-order valence-corrected chi connectivity index (χ0v) is 16.2. The normalized spacial score (nSPS) is 10.8. The lowest BCUT2D eigenvalue weighted by molar-refractivity contribution is 0.103. The van der Waals surface area contributed by atoms with Crippen LogP contribution in [0.2, 0.25) is 0 Å². The lowest BCUT2D eigenvalue weighted by Crippen LogP contribution is -2.26. The van der Waals surface area contributed by atoms with Crippen molar-refractivity contribution in [1.82, 2.24) is 20.4 Å². The summed E-state index contributed by atoms with van der Waals surface area (Å²) < 4.78 is 0. The van der Waals surface area contributed by atoms with Crippen LogP contribution in [-0.2, 0) is 0 Å². The van der Waals surface area contributed by atoms with E-state index in [1.807, 2.05) is 38.1 Å². The molecule has 1 aromatic heterocycles. The Morgan fingerprint density at radius 1 is 0.750 bits per heavy atom. The molecular formula is C21H21N5O2. The van der Waals surface area contributed by atoms with E-state index < -0.39 is 0 Å². The van der Waals surface area contributed by atoms with Crippen LogP contribution in [0.3, 0.4) is 0 Å². The van der Waals surface area contributed by atoms with E-state index in [1.54, 1.807) is 43.4 Å². The molecule has 0 amide bonds. The van der Waals surface area contributed by atoms with Crippen LogP contribution in [0.4, 0.5) is 5.69 Å². The predicted molar refractivity (Wildman–Crippen MR) is 106 cm³/mol. The van der Waals surface area contributed by atoms with E-state index in [9.17, 15) is 9.59 Å². The highest BCUT2D eigenvalue weighted by Gasteiger charge is 2.25. The van der Waals surface area contributed by atoms with Crippen LogP contribution in [0.15, 0.2) is 48.5 Å². The van der Waals surface area contributed by atoms with Crippen LogP contribution in [-0.4, -0.2) is 46.1 Å². The van der Waals surface area contributed by atoms with Gasteiger partial charge in [-0.15, -0.1) is 10.2 Å². The Bertz CT molecular complexity index is 936. The third-order valence-corrected chi connectivity index (χ3v) is 4.16. The smallest absolute Gasteiger partial charge is 0.215 e. The van der Waals surface area contributed by atoms with Gasteiger partial charge >= 0.3 is 0 Å². The molecule has 0 atom stereocenters. The quantitative estimate of drug-likeness (QED) is 0.523. The molecule has 0 fully saturated rings. The van der Waals surface area contributed by atoms with Gasteiger partial charge in [-0.05, 0) is 19.1 Å². The zero-order chi connectivity index (χ0) is 20.3. The molecule has 1 N–H and O–H groups in total. The number of nitrogens with one attached hydrogen (secondary N) is 1. The second-order valence-corrected chi connectivity index (χ2v) is 6.76. The molecule has 0 aliphatic rings. The first-order chi connectivity index (χ1) is 13.4. The van der Waals surface area contributed by atoms with Crippen molar-refractivity contribution < 1.29 is 9.59 Å². The summed E-state index contributed by atoms with van der Waals surface area (Å²) in [6.45, 7) is 3.88. The summed E-state index contributed by atoms with van der Waals surface area (Å²) in [5.41, 5.74) is 6.32. The maximum Gasteiger partial charge on any atom is 0.215 e. The molecule has 28 heavy (non-hydrogen) atoms. The lowest BCUT2D eigenvalue weighted by Gasteiger charge is -2.17. The summed E-state index contributed by atoms with van der Waals surface area (Å²) in [5.74, 6) is -0.672. The van der Waals surface area contributed by atoms with Crippen LogP contribution in [0.5, 0.6) is 0 Å². The van der Waals surface area contributed by atoms with E-state index in [0.717, 1.165) is 11.1 Å². The number of anilines is 1. The number of benzene rings is 2. The standard InChI is InChI=1S/C21H21N5O2/c1-13-5-9-15(10-6-13)20(27)18-17(24-26(3)4)19(23-25-22-18)21(28)16-11-7-14(2)8-12-16/h5-12H,1-4H3,(H,24,25). The molecule has 3 aromatic rings. The Morgan fingerprint density at radius 2 is 1.14 bits per heavy atom. The number of aromatic nitrogens is 3. The minimum Gasteiger partial charge on any atom is -0.315 e. The second-order valence-electron chi connectivity index (χ2n) is 6.76. The number of rotatable bonds is 6. The van der Waals surface area contributed by atoms with Crippen LogP contribution in [0.1, 0.15) is 43.2 Å². The molecule has 0 bridgehead atoms. The molecule has 0 aliphatic heterocycles. The van der Waals surface area contributed by atoms with E-state index in [2.05, 4.69) is 20.8 Å². The maximum atomic E-state index is 13.0. The third kappa shape index (κ3) is 4.10. The molecule has 7 nitrogen and oxygen atoms in total. The first kappa shape index (κ1) is 19.3. The van der Waals surface area contributed by atoms with Crippen molar-refractivity contribution in [3.8, 4) is 0 Å². The van der Waals surface area contributed by atoms with Gasteiger partial charge in [-0.25, -0.2) is 5.01 Å². The number of ketones is 2. The molecular weight excluding hydrogens is 354 g/mol. The molecule has 0 aliphatic carbocycles. The molecule has 0 saturated heterocycles. The summed E-state index contributed by atoms with van der Waals surface area (Å²) in [5, 5.41) is 13.2. The van der Waals surface area contributed by atoms with Crippen molar-refractivity contribution in [1.29, 1.82) is 0 Å². The molecule has 1 heterocycles. The minimum absolute atomic E-state index is 0.0445. The van der Waals surface area contributed by atoms with Crippen molar-refractivity contribution >= 4 is 17.3 Å². The van der Waals surface area contributed by atoms with Gasteiger partial charge in [0.1, 0.15) is 5.69 Å². The van der Waals surface area contributed by atoms with Gasteiger partial charge < -0.3 is 5.43 Å².